The van der Waals surface area contributed by atoms with Gasteiger partial charge in [0.2, 0.25) is 6.20 Å². The zero-order chi connectivity index (χ0) is 4.41. The lowest BCUT2D eigenvalue weighted by Crippen LogP contribution is -2.20. The van der Waals surface area contributed by atoms with Crippen LogP contribution >= 0.6 is 12.8 Å². The molecule has 0 aliphatic heterocycles. The van der Waals surface area contributed by atoms with Crippen molar-refractivity contribution in [2.75, 3.05) is 0 Å². The molecular formula is C2H4N3S+. The first-order valence-electron chi connectivity index (χ1n) is 1.50. The standard InChI is InChI=1S/C2H3N3S/c6-5-2-1-3-4-5/h1-2,6H/p+1. The predicted octanol–water partition coefficient (Wildman–Crippen LogP) is -0.610. The van der Waals surface area contributed by atoms with E-state index in [9.17, 15) is 0 Å². The Morgan fingerprint density at radius 2 is 2.67 bits per heavy atom. The molecular weight excluding hydrogens is 98.1 g/mol. The van der Waals surface area contributed by atoms with Crippen molar-refractivity contribution in [2.24, 2.45) is 0 Å². The van der Waals surface area contributed by atoms with Crippen molar-refractivity contribution < 1.29 is 4.09 Å². The largest absolute Gasteiger partial charge is 0.207 e. The number of aromatic nitrogens is 3. The fourth-order valence-corrected chi connectivity index (χ4v) is 0.334. The molecule has 0 aliphatic rings. The van der Waals surface area contributed by atoms with Gasteiger partial charge in [0.15, 0.2) is 6.20 Å². The second-order valence-corrected chi connectivity index (χ2v) is 1.30. The molecule has 0 bridgehead atoms. The van der Waals surface area contributed by atoms with Gasteiger partial charge in [-0.05, 0) is 5.21 Å². The van der Waals surface area contributed by atoms with Gasteiger partial charge in [-0.3, -0.25) is 0 Å². The van der Waals surface area contributed by atoms with Gasteiger partial charge in [0.25, 0.3) is 0 Å². The SMILES string of the molecule is S[n+]1ccn[nH]1. The Morgan fingerprint density at radius 3 is 2.83 bits per heavy atom. The van der Waals surface area contributed by atoms with Crippen molar-refractivity contribution in [3.8, 4) is 0 Å². The number of aromatic amines is 1. The normalized spacial score (nSPS) is 8.83. The molecule has 0 atom stereocenters. The highest BCUT2D eigenvalue weighted by Crippen LogP contribution is 1.60. The molecule has 1 aromatic rings. The van der Waals surface area contributed by atoms with Crippen molar-refractivity contribution in [3.05, 3.63) is 12.4 Å². The molecule has 0 aliphatic carbocycles. The Labute approximate surface area is 40.5 Å². The van der Waals surface area contributed by atoms with Crippen LogP contribution in [0.5, 0.6) is 0 Å². The number of rotatable bonds is 0. The van der Waals surface area contributed by atoms with Crippen LogP contribution in [0.2, 0.25) is 0 Å². The maximum absolute atomic E-state index is 3.83. The molecule has 1 aromatic heterocycles. The van der Waals surface area contributed by atoms with Crippen LogP contribution in [0.25, 0.3) is 0 Å². The average molecular weight is 102 g/mol. The van der Waals surface area contributed by atoms with Crippen LogP contribution < -0.4 is 4.09 Å². The summed E-state index contributed by atoms with van der Waals surface area (Å²) in [4.78, 5) is 0. The number of hydrogen-bond donors (Lipinski definition) is 2. The summed E-state index contributed by atoms with van der Waals surface area (Å²) in [5.41, 5.74) is 0. The maximum Gasteiger partial charge on any atom is 0.207 e. The minimum Gasteiger partial charge on any atom is -0.101 e. The van der Waals surface area contributed by atoms with Crippen LogP contribution in [0.15, 0.2) is 12.4 Å². The summed E-state index contributed by atoms with van der Waals surface area (Å²) in [5, 5.41) is 6.11. The van der Waals surface area contributed by atoms with E-state index < -0.39 is 0 Å². The van der Waals surface area contributed by atoms with Gasteiger partial charge in [0, 0.05) is 5.10 Å². The molecule has 1 rings (SSSR count). The van der Waals surface area contributed by atoms with E-state index >= 15 is 0 Å². The van der Waals surface area contributed by atoms with Gasteiger partial charge in [-0.15, -0.1) is 4.09 Å². The van der Waals surface area contributed by atoms with Crippen LogP contribution in [0, 0.1) is 0 Å². The summed E-state index contributed by atoms with van der Waals surface area (Å²) in [5.74, 6) is 0. The molecule has 0 amide bonds. The summed E-state index contributed by atoms with van der Waals surface area (Å²) < 4.78 is 1.46. The quantitative estimate of drug-likeness (QED) is 0.332. The van der Waals surface area contributed by atoms with E-state index in [0.717, 1.165) is 0 Å². The Morgan fingerprint density at radius 1 is 1.83 bits per heavy atom. The third kappa shape index (κ3) is 0.514. The van der Waals surface area contributed by atoms with E-state index in [1.54, 1.807) is 12.4 Å². The van der Waals surface area contributed by atoms with E-state index in [-0.39, 0.29) is 0 Å². The zero-order valence-electron chi connectivity index (χ0n) is 3.00. The predicted molar refractivity (Wildman–Crippen MR) is 23.2 cm³/mol. The van der Waals surface area contributed by atoms with Crippen LogP contribution in [0.3, 0.4) is 0 Å². The van der Waals surface area contributed by atoms with Gasteiger partial charge in [0.1, 0.15) is 0 Å². The second-order valence-electron chi connectivity index (χ2n) is 0.872. The lowest BCUT2D eigenvalue weighted by molar-refractivity contribution is -0.560. The molecule has 0 fully saturated rings. The monoisotopic (exact) mass is 102 g/mol. The molecule has 0 unspecified atom stereocenters. The van der Waals surface area contributed by atoms with Crippen molar-refractivity contribution in [3.63, 3.8) is 0 Å². The summed E-state index contributed by atoms with van der Waals surface area (Å²) in [6, 6.07) is 0. The van der Waals surface area contributed by atoms with Gasteiger partial charge in [-0.1, -0.05) is 0 Å². The smallest absolute Gasteiger partial charge is 0.101 e. The maximum atomic E-state index is 3.83. The first-order chi connectivity index (χ1) is 2.89. The highest BCUT2D eigenvalue weighted by molar-refractivity contribution is 7.73. The van der Waals surface area contributed by atoms with Crippen LogP contribution in [-0.2, 0) is 0 Å². The number of thiol groups is 1. The molecule has 0 radical (unpaired) electrons. The third-order valence-corrected chi connectivity index (χ3v) is 0.665. The highest BCUT2D eigenvalue weighted by atomic mass is 32.1. The summed E-state index contributed by atoms with van der Waals surface area (Å²) in [7, 11) is 0. The lowest BCUT2D eigenvalue weighted by Gasteiger charge is -1.63. The Kier molecular flexibility index (Phi) is 0.795. The number of H-pyrrole nitrogens is 1. The zero-order valence-corrected chi connectivity index (χ0v) is 3.89. The van der Waals surface area contributed by atoms with Gasteiger partial charge in [-0.2, -0.15) is 0 Å². The summed E-state index contributed by atoms with van der Waals surface area (Å²) in [6.45, 7) is 0. The molecule has 0 saturated carbocycles. The van der Waals surface area contributed by atoms with E-state index in [0.29, 0.717) is 0 Å². The van der Waals surface area contributed by atoms with Crippen LogP contribution in [0.4, 0.5) is 0 Å². The first kappa shape index (κ1) is 3.67. The highest BCUT2D eigenvalue weighted by Gasteiger charge is 1.82. The summed E-state index contributed by atoms with van der Waals surface area (Å²) in [6.07, 6.45) is 3.32. The molecule has 4 heteroatoms. The van der Waals surface area contributed by atoms with Crippen LogP contribution in [0.1, 0.15) is 0 Å². The average Bonchev–Trinajstić information content (AvgIpc) is 1.86. The van der Waals surface area contributed by atoms with Crippen molar-refractivity contribution in [1.29, 1.82) is 0 Å². The summed E-state index contributed by atoms with van der Waals surface area (Å²) >= 11 is 3.83. The van der Waals surface area contributed by atoms with Crippen molar-refractivity contribution >= 4 is 12.8 Å². The molecule has 0 saturated heterocycles. The van der Waals surface area contributed by atoms with Gasteiger partial charge >= 0.3 is 0 Å². The van der Waals surface area contributed by atoms with E-state index in [2.05, 4.69) is 23.1 Å². The van der Waals surface area contributed by atoms with Crippen molar-refractivity contribution in [1.82, 2.24) is 10.3 Å². The van der Waals surface area contributed by atoms with E-state index in [4.69, 9.17) is 0 Å². The molecule has 32 valence electrons. The fourth-order valence-electron chi connectivity index (χ4n) is 0.222. The first-order valence-corrected chi connectivity index (χ1v) is 1.90. The lowest BCUT2D eigenvalue weighted by atomic mass is 11.0. The second kappa shape index (κ2) is 1.30. The molecule has 1 N–H and O–H groups in total. The van der Waals surface area contributed by atoms with Gasteiger partial charge < -0.3 is 0 Å². The number of hydrogen-bond acceptors (Lipinski definition) is 2. The van der Waals surface area contributed by atoms with E-state index in [1.807, 2.05) is 0 Å². The number of nitrogens with zero attached hydrogens (tertiary/aromatic N) is 2. The topological polar surface area (TPSA) is 32.6 Å². The third-order valence-electron chi connectivity index (χ3n) is 0.443. The Bertz CT molecular complexity index is 112. The molecule has 0 spiro atoms. The Hall–Kier alpha value is -0.510. The van der Waals surface area contributed by atoms with Gasteiger partial charge in [0.05, 0.1) is 12.8 Å². The van der Waals surface area contributed by atoms with Gasteiger partial charge in [-0.25, -0.2) is 0 Å². The van der Waals surface area contributed by atoms with Crippen molar-refractivity contribution in [2.45, 2.75) is 0 Å². The minimum atomic E-state index is 1.46. The van der Waals surface area contributed by atoms with Crippen LogP contribution in [-0.4, -0.2) is 10.3 Å². The molecule has 3 nitrogen and oxygen atoms in total. The van der Waals surface area contributed by atoms with E-state index in [1.165, 1.54) is 4.09 Å². The molecule has 0 aromatic carbocycles. The molecule has 1 heterocycles. The fraction of sp³-hybridized carbons (Fsp3) is 0. The molecule has 6 heavy (non-hydrogen) atoms. The Balaban J connectivity index is 3.05. The minimum absolute atomic E-state index is 1.46. The number of nitrogens with one attached hydrogen (secondary N) is 1.